The predicted molar refractivity (Wildman–Crippen MR) is 135 cm³/mol. The summed E-state index contributed by atoms with van der Waals surface area (Å²) in [5, 5.41) is 2.31. The van der Waals surface area contributed by atoms with E-state index in [2.05, 4.69) is 70.0 Å². The van der Waals surface area contributed by atoms with E-state index in [9.17, 15) is 0 Å². The fourth-order valence-electron chi connectivity index (χ4n) is 4.26. The van der Waals surface area contributed by atoms with Crippen LogP contribution in [-0.2, 0) is 27.5 Å². The molecule has 0 saturated heterocycles. The number of fused-ring (bicyclic) bond motifs is 3. The maximum atomic E-state index is 6.02. The van der Waals surface area contributed by atoms with Gasteiger partial charge in [0.1, 0.15) is 5.82 Å². The van der Waals surface area contributed by atoms with E-state index < -0.39 is 0 Å². The molecular formula is C30H21N3OPt. The molecule has 0 unspecified atom stereocenters. The molecule has 6 rings (SSSR count). The number of hydrogen-bond acceptors (Lipinski definition) is 3. The molecule has 0 atom stereocenters. The number of ether oxygens (including phenoxy) is 1. The number of aromatic nitrogens is 3. The molecule has 3 heterocycles. The molecule has 0 aliphatic heterocycles. The Bertz CT molecular complexity index is 1630. The summed E-state index contributed by atoms with van der Waals surface area (Å²) in [5.41, 5.74) is 4.92. The second-order valence-electron chi connectivity index (χ2n) is 8.03. The topological polar surface area (TPSA) is 39.9 Å². The zero-order chi connectivity index (χ0) is 22.9. The summed E-state index contributed by atoms with van der Waals surface area (Å²) in [6.07, 6.45) is 2.68. The predicted octanol–water partition coefficient (Wildman–Crippen LogP) is 7.19. The number of pyridine rings is 2. The van der Waals surface area contributed by atoms with E-state index in [4.69, 9.17) is 4.74 Å². The van der Waals surface area contributed by atoms with Crippen molar-refractivity contribution in [3.63, 3.8) is 0 Å². The van der Waals surface area contributed by atoms with Crippen molar-refractivity contribution in [3.8, 4) is 28.6 Å². The summed E-state index contributed by atoms with van der Waals surface area (Å²) in [6.45, 7) is 2.08. The Balaban J connectivity index is 0.00000253. The number of hydrogen-bond donors (Lipinski definition) is 0. The van der Waals surface area contributed by atoms with Gasteiger partial charge in [0.25, 0.3) is 0 Å². The molecule has 0 saturated carbocycles. The van der Waals surface area contributed by atoms with Gasteiger partial charge in [-0.25, -0.2) is 21.1 Å². The van der Waals surface area contributed by atoms with Crippen molar-refractivity contribution in [2.45, 2.75) is 13.3 Å². The first-order valence-electron chi connectivity index (χ1n) is 11.3. The molecule has 0 radical (unpaired) electrons. The van der Waals surface area contributed by atoms with Gasteiger partial charge in [0.05, 0.1) is 0 Å². The van der Waals surface area contributed by atoms with Crippen LogP contribution in [0.4, 0.5) is 0 Å². The maximum Gasteiger partial charge on any atom is 2.00 e. The molecule has 172 valence electrons. The van der Waals surface area contributed by atoms with Gasteiger partial charge in [-0.15, -0.1) is 18.2 Å². The van der Waals surface area contributed by atoms with E-state index >= 15 is 0 Å². The minimum Gasteiger partial charge on any atom is -0.460 e. The largest absolute Gasteiger partial charge is 2.00 e. The van der Waals surface area contributed by atoms with E-state index in [1.165, 1.54) is 5.39 Å². The van der Waals surface area contributed by atoms with Crippen LogP contribution in [0.15, 0.2) is 97.2 Å². The SMILES string of the molecule is CCc1cccc(Oc2[c-]c(-c3[c-]c4c(cc3)c3ccccc3n4-c3ccccn3)ccc2)n1.[Pt+2]. The average molecular weight is 635 g/mol. The average Bonchev–Trinajstić information content (AvgIpc) is 3.23. The van der Waals surface area contributed by atoms with Gasteiger partial charge in [-0.3, -0.25) is 0 Å². The van der Waals surface area contributed by atoms with Crippen molar-refractivity contribution in [2.24, 2.45) is 0 Å². The molecule has 6 aromatic rings. The molecule has 0 bridgehead atoms. The molecule has 5 heteroatoms. The summed E-state index contributed by atoms with van der Waals surface area (Å²) in [7, 11) is 0. The van der Waals surface area contributed by atoms with Gasteiger partial charge in [-0.05, 0) is 41.6 Å². The molecule has 3 aromatic heterocycles. The first kappa shape index (κ1) is 23.0. The van der Waals surface area contributed by atoms with Crippen LogP contribution >= 0.6 is 0 Å². The Morgan fingerprint density at radius 3 is 2.46 bits per heavy atom. The molecule has 35 heavy (non-hydrogen) atoms. The van der Waals surface area contributed by atoms with Gasteiger partial charge in [0.15, 0.2) is 0 Å². The van der Waals surface area contributed by atoms with E-state index in [0.717, 1.165) is 45.5 Å². The van der Waals surface area contributed by atoms with Crippen LogP contribution in [0.1, 0.15) is 12.6 Å². The van der Waals surface area contributed by atoms with Crippen molar-refractivity contribution in [2.75, 3.05) is 0 Å². The van der Waals surface area contributed by atoms with E-state index in [1.54, 1.807) is 0 Å². The molecule has 0 N–H and O–H groups in total. The quantitative estimate of drug-likeness (QED) is 0.189. The Kier molecular flexibility index (Phi) is 6.48. The number of rotatable bonds is 5. The monoisotopic (exact) mass is 634 g/mol. The third kappa shape index (κ3) is 4.38. The van der Waals surface area contributed by atoms with E-state index in [0.29, 0.717) is 11.6 Å². The van der Waals surface area contributed by atoms with Crippen molar-refractivity contribution in [1.29, 1.82) is 0 Å². The second kappa shape index (κ2) is 9.85. The van der Waals surface area contributed by atoms with Crippen LogP contribution in [0.3, 0.4) is 0 Å². The minimum atomic E-state index is 0. The summed E-state index contributed by atoms with van der Waals surface area (Å²) < 4.78 is 8.18. The van der Waals surface area contributed by atoms with Crippen LogP contribution in [0.25, 0.3) is 38.8 Å². The first-order chi connectivity index (χ1) is 16.8. The van der Waals surface area contributed by atoms with Crippen molar-refractivity contribution >= 4 is 21.8 Å². The first-order valence-corrected chi connectivity index (χ1v) is 11.3. The van der Waals surface area contributed by atoms with Gasteiger partial charge in [0, 0.05) is 29.2 Å². The molecular weight excluding hydrogens is 613 g/mol. The van der Waals surface area contributed by atoms with Gasteiger partial charge in [-0.1, -0.05) is 42.6 Å². The smallest absolute Gasteiger partial charge is 0.460 e. The normalized spacial score (nSPS) is 10.9. The number of nitrogens with zero attached hydrogens (tertiary/aromatic N) is 3. The van der Waals surface area contributed by atoms with Gasteiger partial charge in [0.2, 0.25) is 5.88 Å². The minimum absolute atomic E-state index is 0. The van der Waals surface area contributed by atoms with Gasteiger partial charge in [-0.2, -0.15) is 24.3 Å². The van der Waals surface area contributed by atoms with Gasteiger partial charge < -0.3 is 9.30 Å². The number of para-hydroxylation sites is 1. The fraction of sp³-hybridized carbons (Fsp3) is 0.0667. The van der Waals surface area contributed by atoms with Crippen molar-refractivity contribution in [3.05, 3.63) is 115 Å². The van der Waals surface area contributed by atoms with E-state index in [-0.39, 0.29) is 21.1 Å². The van der Waals surface area contributed by atoms with Crippen LogP contribution in [0, 0.1) is 12.1 Å². The molecule has 3 aromatic carbocycles. The Morgan fingerprint density at radius 1 is 0.771 bits per heavy atom. The third-order valence-corrected chi connectivity index (χ3v) is 5.88. The van der Waals surface area contributed by atoms with Crippen molar-refractivity contribution in [1.82, 2.24) is 14.5 Å². The van der Waals surface area contributed by atoms with Gasteiger partial charge >= 0.3 is 21.1 Å². The second-order valence-corrected chi connectivity index (χ2v) is 8.03. The summed E-state index contributed by atoms with van der Waals surface area (Å²) in [4.78, 5) is 9.15. The Morgan fingerprint density at radius 2 is 1.60 bits per heavy atom. The Labute approximate surface area is 218 Å². The molecule has 0 amide bonds. The zero-order valence-electron chi connectivity index (χ0n) is 19.0. The van der Waals surface area contributed by atoms with Crippen LogP contribution < -0.4 is 4.74 Å². The standard InChI is InChI=1S/C30H21N3O.Pt/c1-2-23-10-8-15-30(32-23)34-24-11-7-9-21(19-24)22-16-17-26-25-12-3-4-13-27(25)33(28(26)20-22)29-14-5-6-18-31-29;/h3-18H,2H2,1H3;/q-2;+2. The van der Waals surface area contributed by atoms with Crippen molar-refractivity contribution < 1.29 is 25.8 Å². The molecule has 0 aliphatic rings. The fourth-order valence-corrected chi connectivity index (χ4v) is 4.26. The molecule has 0 fully saturated rings. The molecule has 0 aliphatic carbocycles. The van der Waals surface area contributed by atoms with Crippen LogP contribution in [0.2, 0.25) is 0 Å². The molecule has 4 nitrogen and oxygen atoms in total. The van der Waals surface area contributed by atoms with Crippen LogP contribution in [-0.4, -0.2) is 14.5 Å². The summed E-state index contributed by atoms with van der Waals surface area (Å²) in [5.74, 6) is 2.06. The number of benzene rings is 3. The molecule has 0 spiro atoms. The summed E-state index contributed by atoms with van der Waals surface area (Å²) >= 11 is 0. The third-order valence-electron chi connectivity index (χ3n) is 5.88. The maximum absolute atomic E-state index is 6.02. The Hall–Kier alpha value is -3.75. The zero-order valence-corrected chi connectivity index (χ0v) is 21.3. The van der Waals surface area contributed by atoms with Crippen LogP contribution in [0.5, 0.6) is 11.6 Å². The summed E-state index contributed by atoms with van der Waals surface area (Å²) in [6, 6.07) is 37.3. The number of aryl methyl sites for hydroxylation is 1. The van der Waals surface area contributed by atoms with E-state index in [1.807, 2.05) is 60.8 Å².